The number of fused-ring (bicyclic) bond motifs is 3. The van der Waals surface area contributed by atoms with Crippen molar-refractivity contribution in [2.75, 3.05) is 0 Å². The topological polar surface area (TPSA) is 38.9 Å². The van der Waals surface area contributed by atoms with Crippen molar-refractivity contribution in [2.45, 2.75) is 44.1 Å². The molecule has 0 amide bonds. The second-order valence-corrected chi connectivity index (χ2v) is 7.99. The van der Waals surface area contributed by atoms with Crippen molar-refractivity contribution in [3.63, 3.8) is 0 Å². The van der Waals surface area contributed by atoms with Crippen LogP contribution in [0.5, 0.6) is 0 Å². The molecule has 2 aromatic rings. The summed E-state index contributed by atoms with van der Waals surface area (Å²) in [5, 5.41) is 1.16. The number of thiazole rings is 1. The number of aromatic nitrogens is 1. The van der Waals surface area contributed by atoms with Gasteiger partial charge in [-0.25, -0.2) is 4.98 Å². The molecule has 0 unspecified atom stereocenters. The number of nitrogens with zero attached hydrogens (tertiary/aromatic N) is 1. The Balaban J connectivity index is 1.75. The van der Waals surface area contributed by atoms with Crippen LogP contribution in [0, 0.1) is 0 Å². The summed E-state index contributed by atoms with van der Waals surface area (Å²) in [5.41, 5.74) is 10.3. The van der Waals surface area contributed by atoms with Gasteiger partial charge in [0.1, 0.15) is 5.01 Å². The van der Waals surface area contributed by atoms with Crippen LogP contribution in [0.4, 0.5) is 0 Å². The first kappa shape index (κ1) is 13.0. The highest BCUT2D eigenvalue weighted by atomic mass is 79.9. The van der Waals surface area contributed by atoms with Crippen molar-refractivity contribution in [1.29, 1.82) is 0 Å². The highest BCUT2D eigenvalue weighted by Crippen LogP contribution is 2.45. The van der Waals surface area contributed by atoms with Crippen LogP contribution in [0.1, 0.15) is 47.6 Å². The van der Waals surface area contributed by atoms with Crippen LogP contribution >= 0.6 is 27.3 Å². The van der Waals surface area contributed by atoms with Crippen LogP contribution < -0.4 is 5.73 Å². The molecule has 1 heterocycles. The monoisotopic (exact) mass is 348 g/mol. The number of hydrogen-bond acceptors (Lipinski definition) is 3. The quantitative estimate of drug-likeness (QED) is 0.698. The van der Waals surface area contributed by atoms with Gasteiger partial charge in [0, 0.05) is 21.3 Å². The standard InChI is InChI=1S/C16H17BrN2S/c17-11-4-5-12-10(8-11)9-13-14(12)19-15(20-13)16(18)6-2-1-3-7-16/h4-5,8H,1-3,6-7,9,18H2. The lowest BCUT2D eigenvalue weighted by Crippen LogP contribution is -2.38. The van der Waals surface area contributed by atoms with Crippen molar-refractivity contribution < 1.29 is 0 Å². The van der Waals surface area contributed by atoms with E-state index in [0.717, 1.165) is 28.7 Å². The molecule has 2 aliphatic rings. The Morgan fingerprint density at radius 3 is 2.80 bits per heavy atom. The smallest absolute Gasteiger partial charge is 0.113 e. The van der Waals surface area contributed by atoms with E-state index in [-0.39, 0.29) is 5.54 Å². The van der Waals surface area contributed by atoms with Gasteiger partial charge < -0.3 is 5.73 Å². The molecule has 1 fully saturated rings. The Kier molecular flexibility index (Phi) is 3.02. The summed E-state index contributed by atoms with van der Waals surface area (Å²) < 4.78 is 1.15. The zero-order chi connectivity index (χ0) is 13.7. The zero-order valence-electron chi connectivity index (χ0n) is 11.3. The lowest BCUT2D eigenvalue weighted by molar-refractivity contribution is 0.301. The van der Waals surface area contributed by atoms with Crippen LogP contribution in [0.15, 0.2) is 22.7 Å². The largest absolute Gasteiger partial charge is 0.319 e. The van der Waals surface area contributed by atoms with E-state index < -0.39 is 0 Å². The maximum absolute atomic E-state index is 6.63. The molecule has 0 saturated heterocycles. The van der Waals surface area contributed by atoms with Gasteiger partial charge in [0.05, 0.1) is 11.2 Å². The summed E-state index contributed by atoms with van der Waals surface area (Å²) in [5.74, 6) is 0. The molecule has 2 nitrogen and oxygen atoms in total. The van der Waals surface area contributed by atoms with Gasteiger partial charge in [-0.1, -0.05) is 41.3 Å². The van der Waals surface area contributed by atoms with E-state index in [4.69, 9.17) is 10.7 Å². The third-order valence-corrected chi connectivity index (χ3v) is 6.31. The van der Waals surface area contributed by atoms with Gasteiger partial charge in [-0.05, 0) is 30.5 Å². The molecule has 0 atom stereocenters. The van der Waals surface area contributed by atoms with Crippen LogP contribution in [0.3, 0.4) is 0 Å². The van der Waals surface area contributed by atoms with E-state index >= 15 is 0 Å². The maximum Gasteiger partial charge on any atom is 0.113 e. The molecule has 4 rings (SSSR count). The highest BCUT2D eigenvalue weighted by molar-refractivity contribution is 9.10. The first-order chi connectivity index (χ1) is 9.66. The molecular formula is C16H17BrN2S. The number of halogens is 1. The molecule has 104 valence electrons. The molecule has 1 aromatic heterocycles. The third kappa shape index (κ3) is 1.97. The molecule has 0 aliphatic heterocycles. The van der Waals surface area contributed by atoms with Crippen LogP contribution in [-0.4, -0.2) is 4.98 Å². The lowest BCUT2D eigenvalue weighted by Gasteiger charge is -2.31. The van der Waals surface area contributed by atoms with Gasteiger partial charge in [-0.3, -0.25) is 0 Å². The van der Waals surface area contributed by atoms with Gasteiger partial charge in [0.2, 0.25) is 0 Å². The molecule has 20 heavy (non-hydrogen) atoms. The van der Waals surface area contributed by atoms with E-state index in [0.29, 0.717) is 0 Å². The number of rotatable bonds is 1. The fourth-order valence-corrected chi connectivity index (χ4v) is 5.07. The normalized spacial score (nSPS) is 19.7. The molecule has 0 spiro atoms. The zero-order valence-corrected chi connectivity index (χ0v) is 13.7. The predicted octanol–water partition coefficient (Wildman–Crippen LogP) is 4.59. The van der Waals surface area contributed by atoms with E-state index in [1.165, 1.54) is 41.0 Å². The Bertz CT molecular complexity index is 671. The fraction of sp³-hybridized carbons (Fsp3) is 0.438. The minimum atomic E-state index is -0.164. The van der Waals surface area contributed by atoms with Gasteiger partial charge in [0.25, 0.3) is 0 Å². The predicted molar refractivity (Wildman–Crippen MR) is 87.0 cm³/mol. The summed E-state index contributed by atoms with van der Waals surface area (Å²) in [7, 11) is 0. The minimum absolute atomic E-state index is 0.164. The number of hydrogen-bond donors (Lipinski definition) is 1. The summed E-state index contributed by atoms with van der Waals surface area (Å²) in [6.07, 6.45) is 6.99. The molecule has 2 N–H and O–H groups in total. The Hall–Kier alpha value is -0.710. The van der Waals surface area contributed by atoms with Crippen molar-refractivity contribution >= 4 is 27.3 Å². The Labute approximate surface area is 131 Å². The van der Waals surface area contributed by atoms with Gasteiger partial charge in [-0.15, -0.1) is 11.3 Å². The van der Waals surface area contributed by atoms with Gasteiger partial charge in [-0.2, -0.15) is 0 Å². The van der Waals surface area contributed by atoms with Crippen LogP contribution in [-0.2, 0) is 12.0 Å². The first-order valence-electron chi connectivity index (χ1n) is 7.24. The second-order valence-electron chi connectivity index (χ2n) is 5.99. The van der Waals surface area contributed by atoms with Crippen molar-refractivity contribution in [1.82, 2.24) is 4.98 Å². The van der Waals surface area contributed by atoms with Crippen molar-refractivity contribution in [2.24, 2.45) is 5.73 Å². The maximum atomic E-state index is 6.63. The van der Waals surface area contributed by atoms with Crippen LogP contribution in [0.2, 0.25) is 0 Å². The summed E-state index contributed by atoms with van der Waals surface area (Å²) in [6.45, 7) is 0. The minimum Gasteiger partial charge on any atom is -0.319 e. The van der Waals surface area contributed by atoms with Crippen LogP contribution in [0.25, 0.3) is 11.3 Å². The molecule has 1 aromatic carbocycles. The fourth-order valence-electron chi connectivity index (χ4n) is 3.40. The number of benzene rings is 1. The molecule has 2 aliphatic carbocycles. The second kappa shape index (κ2) is 4.65. The SMILES string of the molecule is NC1(c2nc3c(s2)Cc2cc(Br)ccc2-3)CCCCC1. The van der Waals surface area contributed by atoms with E-state index in [1.807, 2.05) is 11.3 Å². The lowest BCUT2D eigenvalue weighted by atomic mass is 9.83. The summed E-state index contributed by atoms with van der Waals surface area (Å²) >= 11 is 5.38. The van der Waals surface area contributed by atoms with E-state index in [9.17, 15) is 0 Å². The molecular weight excluding hydrogens is 332 g/mol. The Morgan fingerprint density at radius 2 is 2.00 bits per heavy atom. The third-order valence-electron chi connectivity index (χ3n) is 4.54. The van der Waals surface area contributed by atoms with Gasteiger partial charge in [0.15, 0.2) is 0 Å². The Morgan fingerprint density at radius 1 is 1.20 bits per heavy atom. The summed E-state index contributed by atoms with van der Waals surface area (Å²) in [6, 6.07) is 6.49. The van der Waals surface area contributed by atoms with Crippen molar-refractivity contribution in [3.8, 4) is 11.3 Å². The summed E-state index contributed by atoms with van der Waals surface area (Å²) in [4.78, 5) is 6.33. The average Bonchev–Trinajstić information content (AvgIpc) is 2.96. The first-order valence-corrected chi connectivity index (χ1v) is 8.84. The van der Waals surface area contributed by atoms with E-state index in [2.05, 4.69) is 34.1 Å². The highest BCUT2D eigenvalue weighted by Gasteiger charge is 2.35. The molecule has 1 saturated carbocycles. The molecule has 0 bridgehead atoms. The van der Waals surface area contributed by atoms with Crippen molar-refractivity contribution in [3.05, 3.63) is 38.1 Å². The van der Waals surface area contributed by atoms with E-state index in [1.54, 1.807) is 0 Å². The molecule has 4 heteroatoms. The average molecular weight is 349 g/mol. The van der Waals surface area contributed by atoms with Gasteiger partial charge >= 0.3 is 0 Å². The molecule has 0 radical (unpaired) electrons. The number of nitrogens with two attached hydrogens (primary N) is 1.